The van der Waals surface area contributed by atoms with Gasteiger partial charge in [-0.3, -0.25) is 14.5 Å². The molecule has 132 valence electrons. The van der Waals surface area contributed by atoms with E-state index in [4.69, 9.17) is 4.74 Å². The number of benzene rings is 1. The number of nitrogens with zero attached hydrogens (tertiary/aromatic N) is 3. The number of ether oxygens (including phenoxy) is 1. The van der Waals surface area contributed by atoms with Crippen molar-refractivity contribution in [2.24, 2.45) is 0 Å². The van der Waals surface area contributed by atoms with Crippen LogP contribution in [0, 0.1) is 6.92 Å². The lowest BCUT2D eigenvalue weighted by molar-refractivity contribution is -0.124. The van der Waals surface area contributed by atoms with E-state index in [2.05, 4.69) is 10.4 Å². The molecule has 3 rings (SSSR count). The van der Waals surface area contributed by atoms with Crippen LogP contribution in [0.3, 0.4) is 0 Å². The topological polar surface area (TPSA) is 76.5 Å². The molecule has 2 aromatic rings. The number of anilines is 1. The highest BCUT2D eigenvalue weighted by atomic mass is 16.5. The number of carbonyl (C=O) groups is 2. The second kappa shape index (κ2) is 7.38. The van der Waals surface area contributed by atoms with Gasteiger partial charge in [0.15, 0.2) is 0 Å². The maximum atomic E-state index is 12.3. The summed E-state index contributed by atoms with van der Waals surface area (Å²) in [5.74, 6) is 1.24. The fraction of sp³-hybridized carbons (Fsp3) is 0.389. The van der Waals surface area contributed by atoms with E-state index in [1.54, 1.807) is 4.68 Å². The maximum absolute atomic E-state index is 12.3. The zero-order valence-corrected chi connectivity index (χ0v) is 14.5. The number of aryl methyl sites for hydroxylation is 2. The van der Waals surface area contributed by atoms with E-state index >= 15 is 0 Å². The Hall–Kier alpha value is -2.83. The van der Waals surface area contributed by atoms with Gasteiger partial charge in [-0.15, -0.1) is 0 Å². The first-order valence-corrected chi connectivity index (χ1v) is 8.40. The zero-order chi connectivity index (χ0) is 17.8. The van der Waals surface area contributed by atoms with Crippen molar-refractivity contribution in [2.75, 3.05) is 18.1 Å². The minimum atomic E-state index is -0.200. The average molecular weight is 342 g/mol. The molecule has 0 fully saturated rings. The molecule has 1 aliphatic heterocycles. The molecule has 0 bridgehead atoms. The van der Waals surface area contributed by atoms with E-state index in [1.807, 2.05) is 44.2 Å². The molecular weight excluding hydrogens is 320 g/mol. The van der Waals surface area contributed by atoms with Crippen LogP contribution in [0.5, 0.6) is 5.75 Å². The Morgan fingerprint density at radius 1 is 1.32 bits per heavy atom. The molecule has 7 nitrogen and oxygen atoms in total. The predicted octanol–water partition coefficient (Wildman–Crippen LogP) is 1.64. The predicted molar refractivity (Wildman–Crippen MR) is 93.4 cm³/mol. The van der Waals surface area contributed by atoms with E-state index < -0.39 is 0 Å². The molecule has 25 heavy (non-hydrogen) atoms. The SMILES string of the molecule is CCOc1ccc(CNC(=O)CN2C(=O)CCn3nc(C)cc32)cc1. The number of carbonyl (C=O) groups excluding carboxylic acids is 2. The maximum Gasteiger partial charge on any atom is 0.240 e. The van der Waals surface area contributed by atoms with Crippen LogP contribution in [-0.4, -0.2) is 34.7 Å². The highest BCUT2D eigenvalue weighted by molar-refractivity contribution is 5.98. The molecule has 0 aliphatic carbocycles. The molecule has 0 spiro atoms. The van der Waals surface area contributed by atoms with Crippen molar-refractivity contribution < 1.29 is 14.3 Å². The molecule has 2 amide bonds. The zero-order valence-electron chi connectivity index (χ0n) is 14.5. The second-order valence-electron chi connectivity index (χ2n) is 5.95. The minimum absolute atomic E-state index is 0.000988. The average Bonchev–Trinajstić information content (AvgIpc) is 2.98. The van der Waals surface area contributed by atoms with Crippen LogP contribution in [0.4, 0.5) is 5.82 Å². The second-order valence-corrected chi connectivity index (χ2v) is 5.95. The first-order valence-electron chi connectivity index (χ1n) is 8.40. The Kier molecular flexibility index (Phi) is 5.02. The summed E-state index contributed by atoms with van der Waals surface area (Å²) in [5, 5.41) is 7.19. The first-order chi connectivity index (χ1) is 12.1. The molecule has 0 radical (unpaired) electrons. The third-order valence-electron chi connectivity index (χ3n) is 4.02. The lowest BCUT2D eigenvalue weighted by Gasteiger charge is -2.26. The number of amides is 2. The normalized spacial score (nSPS) is 13.5. The highest BCUT2D eigenvalue weighted by Crippen LogP contribution is 2.22. The number of rotatable bonds is 6. The Bertz CT molecular complexity index is 767. The molecule has 1 N–H and O–H groups in total. The first kappa shape index (κ1) is 17.0. The van der Waals surface area contributed by atoms with Crippen LogP contribution < -0.4 is 15.0 Å². The van der Waals surface area contributed by atoms with Gasteiger partial charge in [0.05, 0.1) is 18.8 Å². The van der Waals surface area contributed by atoms with E-state index in [9.17, 15) is 9.59 Å². The van der Waals surface area contributed by atoms with Crippen LogP contribution in [0.2, 0.25) is 0 Å². The van der Waals surface area contributed by atoms with Crippen molar-refractivity contribution >= 4 is 17.6 Å². The molecule has 7 heteroatoms. The number of nitrogens with one attached hydrogen (secondary N) is 1. The van der Waals surface area contributed by atoms with Gasteiger partial charge < -0.3 is 10.1 Å². The number of fused-ring (bicyclic) bond motifs is 1. The smallest absolute Gasteiger partial charge is 0.240 e. The molecule has 1 aromatic heterocycles. The molecular formula is C18H22N4O3. The Balaban J connectivity index is 1.58. The van der Waals surface area contributed by atoms with Gasteiger partial charge in [0.2, 0.25) is 11.8 Å². The Labute approximate surface area is 146 Å². The van der Waals surface area contributed by atoms with Gasteiger partial charge in [0, 0.05) is 19.0 Å². The van der Waals surface area contributed by atoms with E-state index in [1.165, 1.54) is 4.90 Å². The molecule has 0 atom stereocenters. The monoisotopic (exact) mass is 342 g/mol. The quantitative estimate of drug-likeness (QED) is 0.866. The lowest BCUT2D eigenvalue weighted by atomic mass is 10.2. The Morgan fingerprint density at radius 3 is 2.80 bits per heavy atom. The van der Waals surface area contributed by atoms with E-state index in [-0.39, 0.29) is 18.4 Å². The standard InChI is InChI=1S/C18H22N4O3/c1-3-25-15-6-4-14(5-7-15)11-19-16(23)12-21-17-10-13(2)20-22(17)9-8-18(21)24/h4-7,10H,3,8-9,11-12H2,1-2H3,(H,19,23). The summed E-state index contributed by atoms with van der Waals surface area (Å²) in [4.78, 5) is 25.9. The molecule has 0 unspecified atom stereocenters. The fourth-order valence-electron chi connectivity index (χ4n) is 2.82. The van der Waals surface area contributed by atoms with Gasteiger partial charge in [0.25, 0.3) is 0 Å². The molecule has 0 saturated heterocycles. The molecule has 2 heterocycles. The summed E-state index contributed by atoms with van der Waals surface area (Å²) in [6.07, 6.45) is 0.361. The van der Waals surface area contributed by atoms with Gasteiger partial charge in [0.1, 0.15) is 18.1 Å². The van der Waals surface area contributed by atoms with Gasteiger partial charge in [-0.25, -0.2) is 4.68 Å². The molecule has 1 aliphatic rings. The summed E-state index contributed by atoms with van der Waals surface area (Å²) in [6, 6.07) is 9.41. The van der Waals surface area contributed by atoms with Crippen LogP contribution in [-0.2, 0) is 22.7 Å². The number of hydrogen-bond donors (Lipinski definition) is 1. The largest absolute Gasteiger partial charge is 0.494 e. The van der Waals surface area contributed by atoms with E-state index in [0.717, 1.165) is 17.0 Å². The summed E-state index contributed by atoms with van der Waals surface area (Å²) < 4.78 is 7.17. The number of hydrogen-bond acceptors (Lipinski definition) is 4. The van der Waals surface area contributed by atoms with Crippen molar-refractivity contribution in [3.63, 3.8) is 0 Å². The summed E-state index contributed by atoms with van der Waals surface area (Å²) in [5.41, 5.74) is 1.81. The van der Waals surface area contributed by atoms with Gasteiger partial charge >= 0.3 is 0 Å². The molecule has 1 aromatic carbocycles. The third kappa shape index (κ3) is 3.99. The van der Waals surface area contributed by atoms with Crippen LogP contribution >= 0.6 is 0 Å². The third-order valence-corrected chi connectivity index (χ3v) is 4.02. The summed E-state index contributed by atoms with van der Waals surface area (Å²) in [6.45, 7) is 5.40. The van der Waals surface area contributed by atoms with Crippen molar-refractivity contribution in [3.8, 4) is 5.75 Å². The van der Waals surface area contributed by atoms with Gasteiger partial charge in [-0.1, -0.05) is 12.1 Å². The van der Waals surface area contributed by atoms with Crippen LogP contribution in [0.1, 0.15) is 24.6 Å². The lowest BCUT2D eigenvalue weighted by Crippen LogP contribution is -2.44. The van der Waals surface area contributed by atoms with Gasteiger partial charge in [-0.05, 0) is 31.5 Å². The van der Waals surface area contributed by atoms with Crippen LogP contribution in [0.25, 0.3) is 0 Å². The molecule has 0 saturated carbocycles. The van der Waals surface area contributed by atoms with Crippen molar-refractivity contribution in [3.05, 3.63) is 41.6 Å². The van der Waals surface area contributed by atoms with Crippen molar-refractivity contribution in [2.45, 2.75) is 33.4 Å². The fourth-order valence-corrected chi connectivity index (χ4v) is 2.82. The van der Waals surface area contributed by atoms with Crippen molar-refractivity contribution in [1.82, 2.24) is 15.1 Å². The van der Waals surface area contributed by atoms with E-state index in [0.29, 0.717) is 31.9 Å². The Morgan fingerprint density at radius 2 is 2.08 bits per heavy atom. The minimum Gasteiger partial charge on any atom is -0.494 e. The highest BCUT2D eigenvalue weighted by Gasteiger charge is 2.27. The van der Waals surface area contributed by atoms with Crippen molar-refractivity contribution in [1.29, 1.82) is 0 Å². The van der Waals surface area contributed by atoms with Gasteiger partial charge in [-0.2, -0.15) is 5.10 Å². The van der Waals surface area contributed by atoms with Crippen LogP contribution in [0.15, 0.2) is 30.3 Å². The summed E-state index contributed by atoms with van der Waals surface area (Å²) >= 11 is 0. The number of aromatic nitrogens is 2. The summed E-state index contributed by atoms with van der Waals surface area (Å²) in [7, 11) is 0.